The van der Waals surface area contributed by atoms with Gasteiger partial charge in [0.05, 0.1) is 0 Å². The molecular weight excluding hydrogens is 284 g/mol. The Bertz CT molecular complexity index is 670. The quantitative estimate of drug-likeness (QED) is 0.911. The molecule has 0 bridgehead atoms. The number of hydrogen-bond donors (Lipinski definition) is 2. The molecule has 21 heavy (non-hydrogen) atoms. The minimum atomic E-state index is -0.0215. The molecule has 1 amide bonds. The second-order valence-corrected chi connectivity index (χ2v) is 5.66. The fourth-order valence-corrected chi connectivity index (χ4v) is 2.76. The van der Waals surface area contributed by atoms with Crippen molar-refractivity contribution in [1.82, 2.24) is 10.6 Å². The van der Waals surface area contributed by atoms with E-state index in [1.807, 2.05) is 42.5 Å². The summed E-state index contributed by atoms with van der Waals surface area (Å²) in [5, 5.41) is 6.96. The second kappa shape index (κ2) is 6.29. The summed E-state index contributed by atoms with van der Waals surface area (Å²) in [6, 6.07) is 13.6. The maximum atomic E-state index is 12.1. The Morgan fingerprint density at radius 2 is 2.00 bits per heavy atom. The van der Waals surface area contributed by atoms with Gasteiger partial charge in [-0.05, 0) is 47.4 Å². The van der Waals surface area contributed by atoms with Crippen molar-refractivity contribution in [2.45, 2.75) is 19.5 Å². The Kier molecular flexibility index (Phi) is 4.23. The number of fused-ring (bicyclic) bond motifs is 1. The van der Waals surface area contributed by atoms with E-state index in [0.717, 1.165) is 35.7 Å². The first-order chi connectivity index (χ1) is 10.2. The van der Waals surface area contributed by atoms with Crippen LogP contribution in [0.3, 0.4) is 0 Å². The lowest BCUT2D eigenvalue weighted by molar-refractivity contribution is 0.0954. The summed E-state index contributed by atoms with van der Waals surface area (Å²) < 4.78 is 0. The van der Waals surface area contributed by atoms with Crippen LogP contribution in [-0.2, 0) is 19.5 Å². The Hall–Kier alpha value is -1.84. The van der Waals surface area contributed by atoms with Crippen LogP contribution in [0.25, 0.3) is 0 Å². The maximum Gasteiger partial charge on any atom is 0.251 e. The van der Waals surface area contributed by atoms with E-state index in [0.29, 0.717) is 6.54 Å². The lowest BCUT2D eigenvalue weighted by Crippen LogP contribution is -2.25. The molecule has 1 heterocycles. The van der Waals surface area contributed by atoms with Crippen LogP contribution >= 0.6 is 11.6 Å². The first-order valence-corrected chi connectivity index (χ1v) is 7.45. The number of benzene rings is 2. The van der Waals surface area contributed by atoms with Gasteiger partial charge in [0.1, 0.15) is 0 Å². The molecule has 3 rings (SSSR count). The molecule has 0 radical (unpaired) electrons. The highest BCUT2D eigenvalue weighted by Crippen LogP contribution is 2.17. The normalized spacial score (nSPS) is 13.0. The molecule has 3 nitrogen and oxygen atoms in total. The molecule has 2 aromatic carbocycles. The van der Waals surface area contributed by atoms with E-state index in [9.17, 15) is 4.79 Å². The molecule has 1 aliphatic rings. The van der Waals surface area contributed by atoms with Crippen LogP contribution < -0.4 is 10.6 Å². The summed E-state index contributed by atoms with van der Waals surface area (Å²) in [4.78, 5) is 12.1. The molecular formula is C17H17ClN2O. The zero-order valence-corrected chi connectivity index (χ0v) is 12.4. The Balaban J connectivity index is 1.57. The van der Waals surface area contributed by atoms with Crippen molar-refractivity contribution in [2.24, 2.45) is 0 Å². The van der Waals surface area contributed by atoms with E-state index < -0.39 is 0 Å². The van der Waals surface area contributed by atoms with Crippen LogP contribution in [0.2, 0.25) is 5.02 Å². The summed E-state index contributed by atoms with van der Waals surface area (Å²) in [7, 11) is 0. The van der Waals surface area contributed by atoms with Crippen LogP contribution in [0.15, 0.2) is 42.5 Å². The predicted octanol–water partition coefficient (Wildman–Crippen LogP) is 2.92. The van der Waals surface area contributed by atoms with Crippen molar-refractivity contribution in [3.63, 3.8) is 0 Å². The van der Waals surface area contributed by atoms with Crippen molar-refractivity contribution in [1.29, 1.82) is 0 Å². The summed E-state index contributed by atoms with van der Waals surface area (Å²) in [5.41, 5.74) is 4.35. The second-order valence-electron chi connectivity index (χ2n) is 5.22. The van der Waals surface area contributed by atoms with Gasteiger partial charge in [-0.1, -0.05) is 29.8 Å². The van der Waals surface area contributed by atoms with Gasteiger partial charge in [-0.25, -0.2) is 0 Å². The zero-order chi connectivity index (χ0) is 14.7. The number of rotatable bonds is 4. The fourth-order valence-electron chi connectivity index (χ4n) is 2.55. The molecule has 0 aliphatic carbocycles. The van der Waals surface area contributed by atoms with Crippen molar-refractivity contribution in [3.05, 3.63) is 69.7 Å². The molecule has 0 saturated carbocycles. The molecule has 0 spiro atoms. The van der Waals surface area contributed by atoms with Crippen LogP contribution in [0.5, 0.6) is 0 Å². The minimum absolute atomic E-state index is 0.0215. The summed E-state index contributed by atoms with van der Waals surface area (Å²) in [6.07, 6.45) is 0.777. The zero-order valence-electron chi connectivity index (χ0n) is 11.7. The molecule has 0 aromatic heterocycles. The van der Waals surface area contributed by atoms with E-state index in [4.69, 9.17) is 11.6 Å². The number of halogens is 1. The molecule has 0 atom stereocenters. The van der Waals surface area contributed by atoms with Gasteiger partial charge in [-0.3, -0.25) is 4.79 Å². The predicted molar refractivity (Wildman–Crippen MR) is 84.5 cm³/mol. The van der Waals surface area contributed by atoms with E-state index in [1.54, 1.807) is 0 Å². The highest BCUT2D eigenvalue weighted by molar-refractivity contribution is 6.30. The third-order valence-corrected chi connectivity index (χ3v) is 3.92. The van der Waals surface area contributed by atoms with E-state index in [2.05, 4.69) is 10.6 Å². The van der Waals surface area contributed by atoms with Crippen molar-refractivity contribution >= 4 is 17.5 Å². The molecule has 4 heteroatoms. The van der Waals surface area contributed by atoms with Gasteiger partial charge >= 0.3 is 0 Å². The van der Waals surface area contributed by atoms with Gasteiger partial charge in [0.15, 0.2) is 0 Å². The number of nitrogens with one attached hydrogen (secondary N) is 2. The first-order valence-electron chi connectivity index (χ1n) is 7.07. The van der Waals surface area contributed by atoms with E-state index >= 15 is 0 Å². The summed E-state index contributed by atoms with van der Waals surface area (Å²) in [6.45, 7) is 2.35. The van der Waals surface area contributed by atoms with Crippen LogP contribution in [0, 0.1) is 0 Å². The average Bonchev–Trinajstić information content (AvgIpc) is 2.94. The highest BCUT2D eigenvalue weighted by atomic mass is 35.5. The van der Waals surface area contributed by atoms with Crippen molar-refractivity contribution in [2.75, 3.05) is 6.54 Å². The third kappa shape index (κ3) is 3.43. The van der Waals surface area contributed by atoms with Gasteiger partial charge in [-0.15, -0.1) is 0 Å². The van der Waals surface area contributed by atoms with Crippen molar-refractivity contribution in [3.8, 4) is 0 Å². The minimum Gasteiger partial charge on any atom is -0.352 e. The first kappa shape index (κ1) is 14.1. The Morgan fingerprint density at radius 1 is 1.14 bits per heavy atom. The lowest BCUT2D eigenvalue weighted by Gasteiger charge is -2.07. The van der Waals surface area contributed by atoms with Crippen LogP contribution in [-0.4, -0.2) is 12.5 Å². The smallest absolute Gasteiger partial charge is 0.251 e. The monoisotopic (exact) mass is 300 g/mol. The Labute approximate surface area is 129 Å². The molecule has 0 saturated heterocycles. The van der Waals surface area contributed by atoms with Gasteiger partial charge in [-0.2, -0.15) is 0 Å². The van der Waals surface area contributed by atoms with Crippen molar-refractivity contribution < 1.29 is 4.79 Å². The largest absolute Gasteiger partial charge is 0.352 e. The van der Waals surface area contributed by atoms with Gasteiger partial charge in [0.2, 0.25) is 0 Å². The molecule has 0 fully saturated rings. The fraction of sp³-hybridized carbons (Fsp3) is 0.235. The van der Waals surface area contributed by atoms with Gasteiger partial charge < -0.3 is 10.6 Å². The standard InChI is InChI=1S/C17H17ClN2O/c18-16-3-1-2-12(8-16)6-7-20-17(21)13-4-5-14-10-19-11-15(14)9-13/h1-5,8-9,19H,6-7,10-11H2,(H,20,21). The van der Waals surface area contributed by atoms with Gasteiger partial charge in [0, 0.05) is 30.2 Å². The number of carbonyl (C=O) groups is 1. The number of amides is 1. The van der Waals surface area contributed by atoms with Crippen LogP contribution in [0.1, 0.15) is 27.0 Å². The highest BCUT2D eigenvalue weighted by Gasteiger charge is 2.13. The molecule has 1 aliphatic heterocycles. The molecule has 0 unspecified atom stereocenters. The molecule has 2 N–H and O–H groups in total. The topological polar surface area (TPSA) is 41.1 Å². The average molecular weight is 301 g/mol. The SMILES string of the molecule is O=C(NCCc1cccc(Cl)c1)c1ccc2c(c1)CNC2. The molecule has 2 aromatic rings. The number of hydrogen-bond acceptors (Lipinski definition) is 2. The van der Waals surface area contributed by atoms with Gasteiger partial charge in [0.25, 0.3) is 5.91 Å². The Morgan fingerprint density at radius 3 is 2.86 bits per heavy atom. The van der Waals surface area contributed by atoms with Crippen LogP contribution in [0.4, 0.5) is 0 Å². The molecule has 108 valence electrons. The van der Waals surface area contributed by atoms with E-state index in [1.165, 1.54) is 11.1 Å². The lowest BCUT2D eigenvalue weighted by atomic mass is 10.1. The number of carbonyl (C=O) groups excluding carboxylic acids is 1. The maximum absolute atomic E-state index is 12.1. The summed E-state index contributed by atoms with van der Waals surface area (Å²) in [5.74, 6) is -0.0215. The summed E-state index contributed by atoms with van der Waals surface area (Å²) >= 11 is 5.94. The third-order valence-electron chi connectivity index (χ3n) is 3.69. The van der Waals surface area contributed by atoms with E-state index in [-0.39, 0.29) is 5.91 Å².